The Morgan fingerprint density at radius 2 is 1.62 bits per heavy atom. The second-order valence-electron chi connectivity index (χ2n) is 15.7. The van der Waals surface area contributed by atoms with Crippen LogP contribution in [0.1, 0.15) is 52.1 Å². The van der Waals surface area contributed by atoms with Gasteiger partial charge in [0.25, 0.3) is 5.91 Å². The summed E-state index contributed by atoms with van der Waals surface area (Å²) in [7, 11) is 6.57. The average Bonchev–Trinajstić information content (AvgIpc) is 3.33. The zero-order valence-corrected chi connectivity index (χ0v) is 40.2. The zero-order chi connectivity index (χ0) is 49.2. The van der Waals surface area contributed by atoms with Gasteiger partial charge < -0.3 is 57.6 Å². The summed E-state index contributed by atoms with van der Waals surface area (Å²) in [6.45, 7) is 4.15. The predicted molar refractivity (Wildman–Crippen MR) is 261 cm³/mol. The Hall–Kier alpha value is -6.28. The van der Waals surface area contributed by atoms with Gasteiger partial charge in [-0.05, 0) is 67.8 Å². The molecule has 4 aromatic rings. The van der Waals surface area contributed by atoms with Crippen molar-refractivity contribution in [2.24, 2.45) is 17.2 Å². The lowest BCUT2D eigenvalue weighted by Gasteiger charge is -2.32. The first kappa shape index (κ1) is 52.7. The van der Waals surface area contributed by atoms with Gasteiger partial charge in [-0.2, -0.15) is 5.26 Å². The number of likely N-dealkylation sites (N-methyl/N-ethyl adjacent to an activating group) is 1. The smallest absolute Gasteiger partial charge is 0.255 e. The molecular formula is C47H59N11O8S2. The Morgan fingerprint density at radius 1 is 0.926 bits per heavy atom. The third-order valence-electron chi connectivity index (χ3n) is 10.7. The standard InChI is InChI=1S/C47H59N11O8S2/c1-28-36(26-53-42(54-28)32-8-5-30(6-9-32)27-68-67-22-21-64-4)44(60)56-37(13-14-48)47(63)58(3)41-33-10-12-40(66-20-17-51)35(25-33)34-23-31(7-11-39(34)65-19-16-50)24-38(45(61)52-18-15-49)57-43(59)29(2)55-46(41)62/h5-12,23,25-26,29,37-38,41H,13-14,16-22,24,27,48,50-51H2,1-4H3,(H,52,61)(H,55,62)(H,56,60)(H,57,59)/t29-,37-,38-,41-/m0/s1. The largest absolute Gasteiger partial charge is 0.492 e. The highest BCUT2D eigenvalue weighted by Crippen LogP contribution is 2.40. The molecule has 4 bridgehead atoms. The van der Waals surface area contributed by atoms with Crippen LogP contribution in [0.5, 0.6) is 11.5 Å². The van der Waals surface area contributed by atoms with E-state index in [9.17, 15) is 24.0 Å². The molecule has 2 heterocycles. The third kappa shape index (κ3) is 14.1. The van der Waals surface area contributed by atoms with Crippen molar-refractivity contribution in [3.63, 3.8) is 0 Å². The normalized spacial score (nSPS) is 16.2. The minimum atomic E-state index is -1.41. The number of benzene rings is 3. The Balaban J connectivity index is 1.49. The van der Waals surface area contributed by atoms with E-state index in [-0.39, 0.29) is 57.8 Å². The van der Waals surface area contributed by atoms with Crippen molar-refractivity contribution < 1.29 is 38.2 Å². The molecule has 4 atom stereocenters. The number of carbonyl (C=O) groups excluding carboxylic acids is 5. The maximum absolute atomic E-state index is 14.7. The quantitative estimate of drug-likeness (QED) is 0.0358. The number of fused-ring (bicyclic) bond motifs is 5. The van der Waals surface area contributed by atoms with Crippen LogP contribution in [0.25, 0.3) is 22.5 Å². The van der Waals surface area contributed by atoms with Gasteiger partial charge in [0, 0.05) is 68.1 Å². The van der Waals surface area contributed by atoms with Crippen LogP contribution in [0, 0.1) is 18.3 Å². The second-order valence-corrected chi connectivity index (χ2v) is 18.2. The van der Waals surface area contributed by atoms with Gasteiger partial charge in [-0.1, -0.05) is 58.0 Å². The number of aromatic nitrogens is 2. The average molecular weight is 970 g/mol. The predicted octanol–water partition coefficient (Wildman–Crippen LogP) is 2.15. The molecule has 5 amide bonds. The van der Waals surface area contributed by atoms with Gasteiger partial charge in [0.15, 0.2) is 5.82 Å². The Morgan fingerprint density at radius 3 is 2.26 bits per heavy atom. The number of ether oxygens (including phenoxy) is 3. The first-order chi connectivity index (χ1) is 32.8. The van der Waals surface area contributed by atoms with E-state index in [2.05, 4.69) is 31.2 Å². The molecule has 1 aromatic heterocycles. The van der Waals surface area contributed by atoms with E-state index >= 15 is 0 Å². The van der Waals surface area contributed by atoms with Crippen molar-refractivity contribution in [3.8, 4) is 40.1 Å². The molecule has 0 saturated heterocycles. The Kier molecular flexibility index (Phi) is 20.4. The van der Waals surface area contributed by atoms with E-state index in [1.165, 1.54) is 25.1 Å². The van der Waals surface area contributed by atoms with Gasteiger partial charge in [0.2, 0.25) is 23.6 Å². The van der Waals surface area contributed by atoms with Crippen LogP contribution in [-0.2, 0) is 36.1 Å². The van der Waals surface area contributed by atoms with Gasteiger partial charge in [0.05, 0.1) is 23.9 Å². The second kappa shape index (κ2) is 26.3. The molecule has 19 nitrogen and oxygen atoms in total. The monoisotopic (exact) mass is 969 g/mol. The van der Waals surface area contributed by atoms with Crippen molar-refractivity contribution in [2.45, 2.75) is 56.6 Å². The molecule has 21 heteroatoms. The molecule has 3 aromatic carbocycles. The molecule has 0 fully saturated rings. The van der Waals surface area contributed by atoms with Crippen LogP contribution in [-0.4, -0.2) is 128 Å². The minimum absolute atomic E-state index is 0.000407. The maximum Gasteiger partial charge on any atom is 0.255 e. The van der Waals surface area contributed by atoms with E-state index in [0.29, 0.717) is 51.9 Å². The van der Waals surface area contributed by atoms with Gasteiger partial charge >= 0.3 is 0 Å². The third-order valence-corrected chi connectivity index (χ3v) is 13.0. The van der Waals surface area contributed by atoms with E-state index in [0.717, 1.165) is 22.6 Å². The summed E-state index contributed by atoms with van der Waals surface area (Å²) in [5.74, 6) is -0.481. The molecule has 0 saturated carbocycles. The summed E-state index contributed by atoms with van der Waals surface area (Å²) in [5, 5.41) is 19.9. The van der Waals surface area contributed by atoms with E-state index in [4.69, 9.17) is 36.7 Å². The molecule has 0 spiro atoms. The molecule has 10 N–H and O–H groups in total. The lowest BCUT2D eigenvalue weighted by molar-refractivity contribution is -0.141. The van der Waals surface area contributed by atoms with Crippen molar-refractivity contribution >= 4 is 51.1 Å². The summed E-state index contributed by atoms with van der Waals surface area (Å²) < 4.78 is 17.3. The minimum Gasteiger partial charge on any atom is -0.492 e. The van der Waals surface area contributed by atoms with Crippen LogP contribution >= 0.6 is 21.6 Å². The number of amides is 5. The summed E-state index contributed by atoms with van der Waals surface area (Å²) >= 11 is 0. The van der Waals surface area contributed by atoms with Gasteiger partial charge in [0.1, 0.15) is 55.4 Å². The number of carbonyl (C=O) groups is 5. The molecule has 0 unspecified atom stereocenters. The summed E-state index contributed by atoms with van der Waals surface area (Å²) in [4.78, 5) is 80.5. The summed E-state index contributed by atoms with van der Waals surface area (Å²) in [6, 6.07) is 14.9. The number of hydrogen-bond donors (Lipinski definition) is 7. The van der Waals surface area contributed by atoms with Crippen LogP contribution in [0.3, 0.4) is 0 Å². The molecule has 1 aliphatic rings. The van der Waals surface area contributed by atoms with Crippen LogP contribution < -0.4 is 47.9 Å². The van der Waals surface area contributed by atoms with Gasteiger partial charge in [-0.3, -0.25) is 24.0 Å². The number of hydrogen-bond acceptors (Lipinski definition) is 16. The first-order valence-electron chi connectivity index (χ1n) is 22.0. The molecule has 0 radical (unpaired) electrons. The molecule has 68 heavy (non-hydrogen) atoms. The van der Waals surface area contributed by atoms with Gasteiger partial charge in [-0.25, -0.2) is 9.97 Å². The van der Waals surface area contributed by atoms with E-state index < -0.39 is 53.7 Å². The van der Waals surface area contributed by atoms with E-state index in [1.54, 1.807) is 72.0 Å². The highest BCUT2D eigenvalue weighted by atomic mass is 33.1. The number of nitrogens with one attached hydrogen (secondary N) is 4. The molecule has 1 aliphatic heterocycles. The zero-order valence-electron chi connectivity index (χ0n) is 38.5. The summed E-state index contributed by atoms with van der Waals surface area (Å²) in [5.41, 5.74) is 22.0. The van der Waals surface area contributed by atoms with Crippen molar-refractivity contribution in [1.82, 2.24) is 36.1 Å². The molecule has 5 rings (SSSR count). The van der Waals surface area contributed by atoms with Crippen LogP contribution in [0.2, 0.25) is 0 Å². The first-order valence-corrected chi connectivity index (χ1v) is 24.4. The molecule has 362 valence electrons. The number of rotatable bonds is 21. The van der Waals surface area contributed by atoms with E-state index in [1.807, 2.05) is 30.3 Å². The van der Waals surface area contributed by atoms with Crippen molar-refractivity contribution in [3.05, 3.63) is 94.8 Å². The Labute approximate surface area is 403 Å². The highest BCUT2D eigenvalue weighted by Gasteiger charge is 2.36. The fraction of sp³-hybridized carbons (Fsp3) is 0.404. The van der Waals surface area contributed by atoms with Gasteiger partial charge in [-0.15, -0.1) is 0 Å². The number of aryl methyl sites for hydroxylation is 1. The SMILES string of the molecule is COCCSSCc1ccc(-c2ncc(C(=O)N[C@@H](CCN)C(=O)N(C)[C@@H]3C(=O)N[C@@H](C)C(=O)N[C@H](C(=O)NCC#N)Cc4ccc(OCCN)c(c4)-c4cc3ccc4OCCN)c(C)n2)cc1. The lowest BCUT2D eigenvalue weighted by Crippen LogP contribution is -2.56. The number of nitriles is 1. The van der Waals surface area contributed by atoms with Crippen LogP contribution in [0.15, 0.2) is 66.9 Å². The lowest BCUT2D eigenvalue weighted by atomic mass is 9.93. The maximum atomic E-state index is 14.7. The number of nitrogens with two attached hydrogens (primary N) is 3. The fourth-order valence-corrected chi connectivity index (χ4v) is 9.21. The molecule has 0 aliphatic carbocycles. The van der Waals surface area contributed by atoms with Crippen LogP contribution in [0.4, 0.5) is 0 Å². The topological polar surface area (TPSA) is 292 Å². The van der Waals surface area contributed by atoms with Crippen molar-refractivity contribution in [1.29, 1.82) is 5.26 Å². The molecular weight excluding hydrogens is 911 g/mol. The number of nitrogens with zero attached hydrogens (tertiary/aromatic N) is 4. The van der Waals surface area contributed by atoms with Crippen molar-refractivity contribution in [2.75, 3.05) is 65.9 Å². The number of methoxy groups -OCH3 is 1. The Bertz CT molecular complexity index is 2440. The summed E-state index contributed by atoms with van der Waals surface area (Å²) in [6.07, 6.45) is 1.40. The highest BCUT2D eigenvalue weighted by molar-refractivity contribution is 8.76. The fourth-order valence-electron chi connectivity index (χ4n) is 7.23.